The number of hydrogen-bond acceptors (Lipinski definition) is 4. The number of amides is 2. The fraction of sp³-hybridized carbons (Fsp3) is 0.389. The van der Waals surface area contributed by atoms with Gasteiger partial charge in [0.1, 0.15) is 11.5 Å². The van der Waals surface area contributed by atoms with Crippen molar-refractivity contribution in [2.45, 2.75) is 33.4 Å². The molecule has 130 valence electrons. The Bertz CT molecular complexity index is 709. The number of carbonyl (C=O) groups is 1. The van der Waals surface area contributed by atoms with Gasteiger partial charge in [0.15, 0.2) is 11.5 Å². The van der Waals surface area contributed by atoms with Crippen LogP contribution in [0.5, 0.6) is 11.5 Å². The second-order valence-electron chi connectivity index (χ2n) is 5.57. The first-order valence-electron chi connectivity index (χ1n) is 7.77. The SMILES string of the molecule is COc1cccc(CNC(=O)NC(C)c2cc(C)oc2C)c1OC. The maximum atomic E-state index is 12.1. The Balaban J connectivity index is 1.97. The zero-order valence-electron chi connectivity index (χ0n) is 14.7. The van der Waals surface area contributed by atoms with E-state index in [0.717, 1.165) is 22.6 Å². The zero-order valence-corrected chi connectivity index (χ0v) is 14.7. The minimum Gasteiger partial charge on any atom is -0.493 e. The molecule has 2 N–H and O–H groups in total. The normalized spacial score (nSPS) is 11.7. The third kappa shape index (κ3) is 4.01. The van der Waals surface area contributed by atoms with Crippen molar-refractivity contribution in [2.75, 3.05) is 14.2 Å². The molecule has 0 aliphatic carbocycles. The number of methoxy groups -OCH3 is 2. The second kappa shape index (κ2) is 7.77. The molecule has 6 nitrogen and oxygen atoms in total. The minimum atomic E-state index is -0.259. The van der Waals surface area contributed by atoms with Gasteiger partial charge in [-0.25, -0.2) is 4.79 Å². The number of aryl methyl sites for hydroxylation is 2. The van der Waals surface area contributed by atoms with E-state index in [1.807, 2.05) is 45.0 Å². The standard InChI is InChI=1S/C18H24N2O4/c1-11-9-15(13(3)24-11)12(2)20-18(21)19-10-14-7-6-8-16(22-4)17(14)23-5/h6-9,12H,10H2,1-5H3,(H2,19,20,21). The Morgan fingerprint density at radius 1 is 1.25 bits per heavy atom. The third-order valence-corrected chi connectivity index (χ3v) is 3.82. The molecule has 0 aliphatic rings. The van der Waals surface area contributed by atoms with Crippen LogP contribution >= 0.6 is 0 Å². The summed E-state index contributed by atoms with van der Waals surface area (Å²) in [5.41, 5.74) is 1.82. The highest BCUT2D eigenvalue weighted by Crippen LogP contribution is 2.30. The zero-order chi connectivity index (χ0) is 17.7. The highest BCUT2D eigenvalue weighted by Gasteiger charge is 2.16. The molecule has 24 heavy (non-hydrogen) atoms. The van der Waals surface area contributed by atoms with Gasteiger partial charge >= 0.3 is 6.03 Å². The number of carbonyl (C=O) groups excluding carboxylic acids is 1. The minimum absolute atomic E-state index is 0.144. The van der Waals surface area contributed by atoms with Crippen LogP contribution in [0.15, 0.2) is 28.7 Å². The molecule has 0 saturated heterocycles. The summed E-state index contributed by atoms with van der Waals surface area (Å²) in [6.45, 7) is 6.03. The van der Waals surface area contributed by atoms with Crippen molar-refractivity contribution in [3.63, 3.8) is 0 Å². The average Bonchev–Trinajstić information content (AvgIpc) is 2.90. The van der Waals surface area contributed by atoms with Crippen molar-refractivity contribution >= 4 is 6.03 Å². The summed E-state index contributed by atoms with van der Waals surface area (Å²) in [5.74, 6) is 2.90. The molecular weight excluding hydrogens is 308 g/mol. The summed E-state index contributed by atoms with van der Waals surface area (Å²) in [5, 5.41) is 5.74. The van der Waals surface area contributed by atoms with Crippen molar-refractivity contribution in [1.29, 1.82) is 0 Å². The van der Waals surface area contributed by atoms with Gasteiger partial charge in [-0.3, -0.25) is 0 Å². The summed E-state index contributed by atoms with van der Waals surface area (Å²) in [6, 6.07) is 7.09. The van der Waals surface area contributed by atoms with Crippen molar-refractivity contribution in [3.8, 4) is 11.5 Å². The van der Waals surface area contributed by atoms with E-state index in [1.165, 1.54) is 0 Å². The molecule has 0 aliphatic heterocycles. The summed E-state index contributed by atoms with van der Waals surface area (Å²) in [7, 11) is 3.16. The Kier molecular flexibility index (Phi) is 5.73. The lowest BCUT2D eigenvalue weighted by Crippen LogP contribution is -2.36. The van der Waals surface area contributed by atoms with Gasteiger partial charge in [-0.1, -0.05) is 12.1 Å². The monoisotopic (exact) mass is 332 g/mol. The summed E-state index contributed by atoms with van der Waals surface area (Å²) in [6.07, 6.45) is 0. The van der Waals surface area contributed by atoms with Crippen LogP contribution in [0.4, 0.5) is 4.79 Å². The molecule has 0 saturated carbocycles. The molecule has 1 aromatic heterocycles. The number of urea groups is 1. The molecule has 0 bridgehead atoms. The number of furan rings is 1. The van der Waals surface area contributed by atoms with Crippen molar-refractivity contribution in [3.05, 3.63) is 46.9 Å². The van der Waals surface area contributed by atoms with Crippen molar-refractivity contribution < 1.29 is 18.7 Å². The molecule has 0 radical (unpaired) electrons. The van der Waals surface area contributed by atoms with Crippen LogP contribution in [0.25, 0.3) is 0 Å². The van der Waals surface area contributed by atoms with E-state index in [0.29, 0.717) is 18.0 Å². The number of hydrogen-bond donors (Lipinski definition) is 2. The molecule has 2 amide bonds. The lowest BCUT2D eigenvalue weighted by molar-refractivity contribution is 0.237. The Labute approximate surface area is 142 Å². The van der Waals surface area contributed by atoms with E-state index < -0.39 is 0 Å². The molecule has 0 fully saturated rings. The lowest BCUT2D eigenvalue weighted by Gasteiger charge is -2.16. The van der Waals surface area contributed by atoms with Crippen LogP contribution < -0.4 is 20.1 Å². The lowest BCUT2D eigenvalue weighted by atomic mass is 10.1. The largest absolute Gasteiger partial charge is 0.493 e. The van der Waals surface area contributed by atoms with Crippen LogP contribution in [-0.2, 0) is 6.54 Å². The first-order chi connectivity index (χ1) is 11.5. The molecule has 1 aromatic carbocycles. The fourth-order valence-corrected chi connectivity index (χ4v) is 2.67. The first-order valence-corrected chi connectivity index (χ1v) is 7.77. The quantitative estimate of drug-likeness (QED) is 0.849. The number of rotatable bonds is 6. The van der Waals surface area contributed by atoms with E-state index in [9.17, 15) is 4.79 Å². The van der Waals surface area contributed by atoms with Crippen LogP contribution in [0.1, 0.15) is 35.6 Å². The van der Waals surface area contributed by atoms with Crippen LogP contribution in [0, 0.1) is 13.8 Å². The molecule has 2 rings (SSSR count). The van der Waals surface area contributed by atoms with E-state index in [-0.39, 0.29) is 12.1 Å². The molecule has 6 heteroatoms. The molecule has 1 heterocycles. The molecule has 0 spiro atoms. The van der Waals surface area contributed by atoms with Crippen LogP contribution in [0.3, 0.4) is 0 Å². The van der Waals surface area contributed by atoms with Gasteiger partial charge in [-0.05, 0) is 32.9 Å². The molecule has 1 atom stereocenters. The number of nitrogens with one attached hydrogen (secondary N) is 2. The topological polar surface area (TPSA) is 72.7 Å². The van der Waals surface area contributed by atoms with Crippen LogP contribution in [-0.4, -0.2) is 20.3 Å². The highest BCUT2D eigenvalue weighted by atomic mass is 16.5. The van der Waals surface area contributed by atoms with Crippen LogP contribution in [0.2, 0.25) is 0 Å². The second-order valence-corrected chi connectivity index (χ2v) is 5.57. The smallest absolute Gasteiger partial charge is 0.315 e. The van der Waals surface area contributed by atoms with Gasteiger partial charge in [0, 0.05) is 17.7 Å². The predicted octanol–water partition coefficient (Wildman–Crippen LogP) is 3.47. The van der Waals surface area contributed by atoms with E-state index >= 15 is 0 Å². The van der Waals surface area contributed by atoms with Crippen molar-refractivity contribution in [1.82, 2.24) is 10.6 Å². The van der Waals surface area contributed by atoms with E-state index in [4.69, 9.17) is 13.9 Å². The van der Waals surface area contributed by atoms with Gasteiger partial charge in [0.25, 0.3) is 0 Å². The third-order valence-electron chi connectivity index (χ3n) is 3.82. The Hall–Kier alpha value is -2.63. The Morgan fingerprint density at radius 3 is 2.58 bits per heavy atom. The maximum absolute atomic E-state index is 12.1. The van der Waals surface area contributed by atoms with Gasteiger partial charge < -0.3 is 24.5 Å². The first kappa shape index (κ1) is 17.7. The number of para-hydroxylation sites is 1. The van der Waals surface area contributed by atoms with Gasteiger partial charge in [-0.15, -0.1) is 0 Å². The van der Waals surface area contributed by atoms with Crippen molar-refractivity contribution in [2.24, 2.45) is 0 Å². The van der Waals surface area contributed by atoms with Gasteiger partial charge in [0.05, 0.1) is 20.3 Å². The molecular formula is C18H24N2O4. The van der Waals surface area contributed by atoms with Gasteiger partial charge in [0.2, 0.25) is 0 Å². The van der Waals surface area contributed by atoms with Gasteiger partial charge in [-0.2, -0.15) is 0 Å². The molecule has 2 aromatic rings. The van der Waals surface area contributed by atoms with E-state index in [1.54, 1.807) is 14.2 Å². The Morgan fingerprint density at radius 2 is 2.00 bits per heavy atom. The summed E-state index contributed by atoms with van der Waals surface area (Å²) < 4.78 is 16.1. The fourth-order valence-electron chi connectivity index (χ4n) is 2.67. The highest BCUT2D eigenvalue weighted by molar-refractivity contribution is 5.74. The van der Waals surface area contributed by atoms with E-state index in [2.05, 4.69) is 10.6 Å². The number of benzene rings is 1. The predicted molar refractivity (Wildman–Crippen MR) is 91.5 cm³/mol. The average molecular weight is 332 g/mol. The molecule has 1 unspecified atom stereocenters. The number of ether oxygens (including phenoxy) is 2. The maximum Gasteiger partial charge on any atom is 0.315 e. The summed E-state index contributed by atoms with van der Waals surface area (Å²) in [4.78, 5) is 12.1. The summed E-state index contributed by atoms with van der Waals surface area (Å²) >= 11 is 0.